The number of nitrogens with two attached hydrogens (primary N) is 1. The van der Waals surface area contributed by atoms with Gasteiger partial charge in [0.1, 0.15) is 18.3 Å². The summed E-state index contributed by atoms with van der Waals surface area (Å²) >= 11 is 0. The van der Waals surface area contributed by atoms with E-state index in [1.165, 1.54) is 7.11 Å². The number of aliphatic hydroxyl groups excluding tert-OH is 3. The van der Waals surface area contributed by atoms with Gasteiger partial charge in [-0.25, -0.2) is 0 Å². The Hall–Kier alpha value is -0.240. The van der Waals surface area contributed by atoms with Gasteiger partial charge in [-0.1, -0.05) is 0 Å². The van der Waals surface area contributed by atoms with Crippen LogP contribution in [0.2, 0.25) is 0 Å². The van der Waals surface area contributed by atoms with Gasteiger partial charge in [0.25, 0.3) is 0 Å². The summed E-state index contributed by atoms with van der Waals surface area (Å²) in [6.07, 6.45) is -3.75. The predicted molar refractivity (Wildman–Crippen MR) is 42.7 cm³/mol. The van der Waals surface area contributed by atoms with Crippen molar-refractivity contribution < 1.29 is 24.8 Å². The van der Waals surface area contributed by atoms with E-state index in [0.717, 1.165) is 0 Å². The fourth-order valence-electron chi connectivity index (χ4n) is 1.39. The van der Waals surface area contributed by atoms with Gasteiger partial charge in [0.15, 0.2) is 6.29 Å². The molecule has 0 aromatic heterocycles. The first-order chi connectivity index (χ1) is 6.11. The average molecular weight is 193 g/mol. The molecule has 0 spiro atoms. The molecule has 0 bridgehead atoms. The third-order valence-electron chi connectivity index (χ3n) is 2.19. The van der Waals surface area contributed by atoms with E-state index < -0.39 is 30.6 Å². The van der Waals surface area contributed by atoms with Gasteiger partial charge in [-0.3, -0.25) is 0 Å². The molecule has 1 rings (SSSR count). The van der Waals surface area contributed by atoms with Crippen molar-refractivity contribution in [1.82, 2.24) is 0 Å². The van der Waals surface area contributed by atoms with Gasteiger partial charge in [-0.15, -0.1) is 0 Å². The first-order valence-corrected chi connectivity index (χ1v) is 4.02. The lowest BCUT2D eigenvalue weighted by Crippen LogP contribution is -2.62. The SMILES string of the molecule is CO[C@@H]1C(CO)OC(O)[C@@H](N)C1O. The summed E-state index contributed by atoms with van der Waals surface area (Å²) in [5, 5.41) is 27.5. The molecule has 6 nitrogen and oxygen atoms in total. The van der Waals surface area contributed by atoms with Crippen LogP contribution in [0.4, 0.5) is 0 Å². The van der Waals surface area contributed by atoms with E-state index in [2.05, 4.69) is 0 Å². The fraction of sp³-hybridized carbons (Fsp3) is 1.00. The largest absolute Gasteiger partial charge is 0.394 e. The highest BCUT2D eigenvalue weighted by Crippen LogP contribution is 2.20. The maximum absolute atomic E-state index is 9.51. The molecule has 5 N–H and O–H groups in total. The Balaban J connectivity index is 2.69. The normalized spacial score (nSPS) is 46.4. The molecule has 6 heteroatoms. The Kier molecular flexibility index (Phi) is 3.60. The molecule has 0 aliphatic carbocycles. The monoisotopic (exact) mass is 193 g/mol. The molecule has 13 heavy (non-hydrogen) atoms. The number of ether oxygens (including phenoxy) is 2. The second-order valence-electron chi connectivity index (χ2n) is 3.02. The summed E-state index contributed by atoms with van der Waals surface area (Å²) in [5.41, 5.74) is 5.42. The Labute approximate surface area is 75.9 Å². The van der Waals surface area contributed by atoms with Crippen molar-refractivity contribution in [1.29, 1.82) is 0 Å². The van der Waals surface area contributed by atoms with E-state index >= 15 is 0 Å². The number of aliphatic hydroxyl groups is 3. The van der Waals surface area contributed by atoms with Crippen molar-refractivity contribution in [3.8, 4) is 0 Å². The van der Waals surface area contributed by atoms with Crippen LogP contribution in [0.5, 0.6) is 0 Å². The Morgan fingerprint density at radius 3 is 2.54 bits per heavy atom. The molecular formula is C7H15NO5. The van der Waals surface area contributed by atoms with E-state index in [1.807, 2.05) is 0 Å². The van der Waals surface area contributed by atoms with Crippen LogP contribution >= 0.6 is 0 Å². The van der Waals surface area contributed by atoms with Gasteiger partial charge < -0.3 is 30.5 Å². The lowest BCUT2D eigenvalue weighted by molar-refractivity contribution is -0.254. The van der Waals surface area contributed by atoms with Crippen LogP contribution in [0.3, 0.4) is 0 Å². The molecule has 1 heterocycles. The summed E-state index contributed by atoms with van der Waals surface area (Å²) in [7, 11) is 1.38. The van der Waals surface area contributed by atoms with E-state index in [4.69, 9.17) is 20.3 Å². The summed E-state index contributed by atoms with van der Waals surface area (Å²) in [6.45, 7) is -0.334. The zero-order valence-corrected chi connectivity index (χ0v) is 7.33. The Morgan fingerprint density at radius 2 is 2.08 bits per heavy atom. The van der Waals surface area contributed by atoms with Crippen LogP contribution in [0, 0.1) is 0 Å². The van der Waals surface area contributed by atoms with Crippen molar-refractivity contribution >= 4 is 0 Å². The van der Waals surface area contributed by atoms with E-state index in [-0.39, 0.29) is 6.61 Å². The minimum absolute atomic E-state index is 0.334. The van der Waals surface area contributed by atoms with Crippen molar-refractivity contribution in [3.63, 3.8) is 0 Å². The van der Waals surface area contributed by atoms with Crippen LogP contribution in [0.25, 0.3) is 0 Å². The third-order valence-corrected chi connectivity index (χ3v) is 2.19. The molecule has 78 valence electrons. The second kappa shape index (κ2) is 4.32. The molecule has 3 unspecified atom stereocenters. The zero-order valence-electron chi connectivity index (χ0n) is 7.33. The minimum atomic E-state index is -1.27. The van der Waals surface area contributed by atoms with Gasteiger partial charge >= 0.3 is 0 Å². The van der Waals surface area contributed by atoms with Gasteiger partial charge in [0.05, 0.1) is 12.6 Å². The maximum atomic E-state index is 9.51. The molecule has 0 aromatic rings. The van der Waals surface area contributed by atoms with E-state index in [9.17, 15) is 10.2 Å². The topological polar surface area (TPSA) is 105 Å². The number of hydrogen-bond acceptors (Lipinski definition) is 6. The van der Waals surface area contributed by atoms with Crippen LogP contribution in [-0.4, -0.2) is 59.7 Å². The standard InChI is InChI=1S/C7H15NO5/c1-12-6-3(2-9)13-7(11)4(8)5(6)10/h3-7,9-11H,2,8H2,1H3/t3?,4-,5?,6+,7?/m0/s1. The van der Waals surface area contributed by atoms with E-state index in [1.54, 1.807) is 0 Å². The number of methoxy groups -OCH3 is 1. The van der Waals surface area contributed by atoms with Crippen molar-refractivity contribution in [3.05, 3.63) is 0 Å². The smallest absolute Gasteiger partial charge is 0.173 e. The number of rotatable bonds is 2. The lowest BCUT2D eigenvalue weighted by Gasteiger charge is -2.39. The molecule has 0 saturated carbocycles. The molecule has 0 amide bonds. The molecule has 1 saturated heterocycles. The molecule has 1 fully saturated rings. The molecule has 5 atom stereocenters. The summed E-state index contributed by atoms with van der Waals surface area (Å²) in [5.74, 6) is 0. The molecular weight excluding hydrogens is 178 g/mol. The summed E-state index contributed by atoms with van der Waals surface area (Å²) < 4.78 is 9.82. The highest BCUT2D eigenvalue weighted by molar-refractivity contribution is 4.91. The first-order valence-electron chi connectivity index (χ1n) is 4.02. The van der Waals surface area contributed by atoms with Crippen molar-refractivity contribution in [2.24, 2.45) is 5.73 Å². The van der Waals surface area contributed by atoms with Crippen LogP contribution in [0.15, 0.2) is 0 Å². The predicted octanol–water partition coefficient (Wildman–Crippen LogP) is -2.60. The third kappa shape index (κ3) is 1.98. The number of hydrogen-bond donors (Lipinski definition) is 4. The van der Waals surface area contributed by atoms with Gasteiger partial charge in [-0.05, 0) is 0 Å². The first kappa shape index (κ1) is 10.8. The van der Waals surface area contributed by atoms with Crippen LogP contribution < -0.4 is 5.73 Å². The fourth-order valence-corrected chi connectivity index (χ4v) is 1.39. The highest BCUT2D eigenvalue weighted by Gasteiger charge is 2.42. The lowest BCUT2D eigenvalue weighted by atomic mass is 9.98. The Morgan fingerprint density at radius 1 is 1.46 bits per heavy atom. The van der Waals surface area contributed by atoms with Gasteiger partial charge in [0.2, 0.25) is 0 Å². The molecule has 0 radical (unpaired) electrons. The van der Waals surface area contributed by atoms with Gasteiger partial charge in [-0.2, -0.15) is 0 Å². The second-order valence-corrected chi connectivity index (χ2v) is 3.02. The Bertz CT molecular complexity index is 165. The van der Waals surface area contributed by atoms with Crippen LogP contribution in [0.1, 0.15) is 0 Å². The van der Waals surface area contributed by atoms with E-state index in [0.29, 0.717) is 0 Å². The van der Waals surface area contributed by atoms with Crippen molar-refractivity contribution in [2.45, 2.75) is 30.6 Å². The summed E-state index contributed by atoms with van der Waals surface area (Å²) in [4.78, 5) is 0. The maximum Gasteiger partial charge on any atom is 0.173 e. The quantitative estimate of drug-likeness (QED) is 0.383. The molecule has 1 aliphatic rings. The minimum Gasteiger partial charge on any atom is -0.394 e. The molecule has 1 aliphatic heterocycles. The van der Waals surface area contributed by atoms with Crippen LogP contribution in [-0.2, 0) is 9.47 Å². The average Bonchev–Trinajstić information content (AvgIpc) is 2.13. The highest BCUT2D eigenvalue weighted by atomic mass is 16.6. The molecule has 0 aromatic carbocycles. The van der Waals surface area contributed by atoms with Crippen molar-refractivity contribution in [2.75, 3.05) is 13.7 Å². The summed E-state index contributed by atoms with van der Waals surface area (Å²) in [6, 6.07) is -0.909. The zero-order chi connectivity index (χ0) is 10.0. The van der Waals surface area contributed by atoms with Gasteiger partial charge in [0, 0.05) is 7.11 Å².